The zero-order valence-electron chi connectivity index (χ0n) is 14.2. The predicted octanol–water partition coefficient (Wildman–Crippen LogP) is 3.58. The first-order valence-electron chi connectivity index (χ1n) is 7.67. The first-order valence-corrected chi connectivity index (χ1v) is 8.05. The Morgan fingerprint density at radius 3 is 2.60 bits per heavy atom. The van der Waals surface area contributed by atoms with Crippen molar-refractivity contribution in [1.82, 2.24) is 10.3 Å². The Balaban J connectivity index is 2.09. The van der Waals surface area contributed by atoms with Gasteiger partial charge in [0.15, 0.2) is 0 Å². The molecule has 2 N–H and O–H groups in total. The molecule has 0 aliphatic rings. The molecule has 0 fully saturated rings. The van der Waals surface area contributed by atoms with Crippen LogP contribution < -0.4 is 10.6 Å². The third-order valence-electron chi connectivity index (χ3n) is 3.16. The standard InChI is InChI=1S/C18H19ClFN3O2/c1-18(2,3)23-17(25)15-9-11(7-8-21-15)22-16(24)10-12-13(19)5-4-6-14(12)20/h4-9H,10H2,1-3H3,(H,23,25)(H,21,22,24). The lowest BCUT2D eigenvalue weighted by Crippen LogP contribution is -2.40. The molecule has 2 amide bonds. The predicted molar refractivity (Wildman–Crippen MR) is 95.2 cm³/mol. The van der Waals surface area contributed by atoms with Gasteiger partial charge in [0, 0.05) is 28.0 Å². The van der Waals surface area contributed by atoms with Crippen molar-refractivity contribution in [3.8, 4) is 0 Å². The summed E-state index contributed by atoms with van der Waals surface area (Å²) in [5.74, 6) is -1.33. The van der Waals surface area contributed by atoms with E-state index in [4.69, 9.17) is 11.6 Å². The minimum Gasteiger partial charge on any atom is -0.346 e. The van der Waals surface area contributed by atoms with E-state index in [1.54, 1.807) is 6.07 Å². The van der Waals surface area contributed by atoms with Gasteiger partial charge in [-0.15, -0.1) is 0 Å². The highest BCUT2D eigenvalue weighted by Crippen LogP contribution is 2.20. The second-order valence-corrected chi connectivity index (χ2v) is 6.97. The number of halogens is 2. The largest absolute Gasteiger partial charge is 0.346 e. The molecule has 7 heteroatoms. The summed E-state index contributed by atoms with van der Waals surface area (Å²) < 4.78 is 13.7. The van der Waals surface area contributed by atoms with Gasteiger partial charge in [0.1, 0.15) is 11.5 Å². The fourth-order valence-electron chi connectivity index (χ4n) is 2.10. The first-order chi connectivity index (χ1) is 11.7. The van der Waals surface area contributed by atoms with E-state index in [-0.39, 0.29) is 28.6 Å². The van der Waals surface area contributed by atoms with E-state index >= 15 is 0 Å². The number of pyridine rings is 1. The number of hydrogen-bond donors (Lipinski definition) is 2. The minimum atomic E-state index is -0.539. The monoisotopic (exact) mass is 363 g/mol. The molecule has 132 valence electrons. The zero-order valence-corrected chi connectivity index (χ0v) is 14.9. The quantitative estimate of drug-likeness (QED) is 0.872. The second-order valence-electron chi connectivity index (χ2n) is 6.56. The fraction of sp³-hybridized carbons (Fsp3) is 0.278. The Hall–Kier alpha value is -2.47. The van der Waals surface area contributed by atoms with Crippen molar-refractivity contribution in [2.75, 3.05) is 5.32 Å². The Morgan fingerprint density at radius 2 is 1.96 bits per heavy atom. The van der Waals surface area contributed by atoms with Gasteiger partial charge in [-0.2, -0.15) is 0 Å². The van der Waals surface area contributed by atoms with E-state index in [2.05, 4.69) is 15.6 Å². The maximum Gasteiger partial charge on any atom is 0.270 e. The highest BCUT2D eigenvalue weighted by molar-refractivity contribution is 6.31. The summed E-state index contributed by atoms with van der Waals surface area (Å²) in [6.45, 7) is 5.57. The van der Waals surface area contributed by atoms with Crippen molar-refractivity contribution in [1.29, 1.82) is 0 Å². The lowest BCUT2D eigenvalue weighted by molar-refractivity contribution is -0.115. The number of nitrogens with zero attached hydrogens (tertiary/aromatic N) is 1. The summed E-state index contributed by atoms with van der Waals surface area (Å²) in [4.78, 5) is 28.3. The molecular weight excluding hydrogens is 345 g/mol. The van der Waals surface area contributed by atoms with Crippen molar-refractivity contribution in [2.24, 2.45) is 0 Å². The summed E-state index contributed by atoms with van der Waals surface area (Å²) in [6.07, 6.45) is 1.21. The molecule has 2 aromatic rings. The number of aromatic nitrogens is 1. The minimum absolute atomic E-state index is 0.126. The third-order valence-corrected chi connectivity index (χ3v) is 3.52. The van der Waals surface area contributed by atoms with Crippen LogP contribution in [0.1, 0.15) is 36.8 Å². The lowest BCUT2D eigenvalue weighted by Gasteiger charge is -2.20. The van der Waals surface area contributed by atoms with Gasteiger partial charge in [0.05, 0.1) is 6.42 Å². The fourth-order valence-corrected chi connectivity index (χ4v) is 2.33. The molecule has 2 rings (SSSR count). The number of carbonyl (C=O) groups is 2. The smallest absolute Gasteiger partial charge is 0.270 e. The van der Waals surface area contributed by atoms with E-state index < -0.39 is 17.3 Å². The van der Waals surface area contributed by atoms with Crippen molar-refractivity contribution in [3.05, 3.63) is 58.6 Å². The van der Waals surface area contributed by atoms with Crippen molar-refractivity contribution in [2.45, 2.75) is 32.7 Å². The van der Waals surface area contributed by atoms with Crippen LogP contribution >= 0.6 is 11.6 Å². The summed E-state index contributed by atoms with van der Waals surface area (Å²) in [5, 5.41) is 5.60. The van der Waals surface area contributed by atoms with Crippen molar-refractivity contribution in [3.63, 3.8) is 0 Å². The van der Waals surface area contributed by atoms with Gasteiger partial charge < -0.3 is 10.6 Å². The van der Waals surface area contributed by atoms with Gasteiger partial charge in [-0.25, -0.2) is 4.39 Å². The Bertz CT molecular complexity index is 783. The summed E-state index contributed by atoms with van der Waals surface area (Å²) >= 11 is 5.92. The molecule has 1 aromatic carbocycles. The first kappa shape index (κ1) is 18.9. The number of benzene rings is 1. The average molecular weight is 364 g/mol. The van der Waals surface area contributed by atoms with Crippen LogP contribution in [0.3, 0.4) is 0 Å². The number of hydrogen-bond acceptors (Lipinski definition) is 3. The van der Waals surface area contributed by atoms with E-state index in [1.165, 1.54) is 30.5 Å². The average Bonchev–Trinajstić information content (AvgIpc) is 2.50. The number of amides is 2. The van der Waals surface area contributed by atoms with Crippen LogP contribution in [0.4, 0.5) is 10.1 Å². The van der Waals surface area contributed by atoms with Crippen LogP contribution in [-0.4, -0.2) is 22.3 Å². The molecule has 0 saturated heterocycles. The molecule has 0 aliphatic carbocycles. The molecule has 5 nitrogen and oxygen atoms in total. The van der Waals surface area contributed by atoms with Crippen molar-refractivity contribution >= 4 is 29.1 Å². The van der Waals surface area contributed by atoms with Gasteiger partial charge in [0.25, 0.3) is 5.91 Å². The number of nitrogens with one attached hydrogen (secondary N) is 2. The van der Waals surface area contributed by atoms with Gasteiger partial charge in [-0.05, 0) is 45.0 Å². The summed E-state index contributed by atoms with van der Waals surface area (Å²) in [6, 6.07) is 7.25. The van der Waals surface area contributed by atoms with Crippen LogP contribution in [0.2, 0.25) is 5.02 Å². The Kier molecular flexibility index (Phi) is 5.74. The topological polar surface area (TPSA) is 71.1 Å². The molecular formula is C18H19ClFN3O2. The highest BCUT2D eigenvalue weighted by atomic mass is 35.5. The maximum atomic E-state index is 13.7. The maximum absolute atomic E-state index is 13.7. The Labute approximate surface area is 150 Å². The number of rotatable bonds is 4. The molecule has 25 heavy (non-hydrogen) atoms. The van der Waals surface area contributed by atoms with Crippen LogP contribution in [0.25, 0.3) is 0 Å². The molecule has 0 bridgehead atoms. The third kappa shape index (κ3) is 5.53. The van der Waals surface area contributed by atoms with Crippen LogP contribution in [0, 0.1) is 5.82 Å². The molecule has 0 unspecified atom stereocenters. The van der Waals surface area contributed by atoms with Crippen LogP contribution in [-0.2, 0) is 11.2 Å². The molecule has 0 atom stereocenters. The molecule has 0 spiro atoms. The molecule has 1 aromatic heterocycles. The van der Waals surface area contributed by atoms with Gasteiger partial charge in [-0.3, -0.25) is 14.6 Å². The van der Waals surface area contributed by atoms with E-state index in [9.17, 15) is 14.0 Å². The summed E-state index contributed by atoms with van der Waals surface area (Å²) in [7, 11) is 0. The van der Waals surface area contributed by atoms with Crippen LogP contribution in [0.5, 0.6) is 0 Å². The number of carbonyl (C=O) groups excluding carboxylic acids is 2. The lowest BCUT2D eigenvalue weighted by atomic mass is 10.1. The van der Waals surface area contributed by atoms with Gasteiger partial charge >= 0.3 is 0 Å². The SMILES string of the molecule is CC(C)(C)NC(=O)c1cc(NC(=O)Cc2c(F)cccc2Cl)ccn1. The molecule has 0 saturated carbocycles. The van der Waals surface area contributed by atoms with Crippen LogP contribution in [0.15, 0.2) is 36.5 Å². The Morgan fingerprint density at radius 1 is 1.24 bits per heavy atom. The molecule has 0 radical (unpaired) electrons. The number of anilines is 1. The van der Waals surface area contributed by atoms with E-state index in [0.717, 1.165) is 0 Å². The van der Waals surface area contributed by atoms with Crippen molar-refractivity contribution < 1.29 is 14.0 Å². The second kappa shape index (κ2) is 7.61. The molecule has 0 aliphatic heterocycles. The van der Waals surface area contributed by atoms with E-state index in [1.807, 2.05) is 20.8 Å². The van der Waals surface area contributed by atoms with Gasteiger partial charge in [0.2, 0.25) is 5.91 Å². The molecule has 1 heterocycles. The zero-order chi connectivity index (χ0) is 18.6. The highest BCUT2D eigenvalue weighted by Gasteiger charge is 2.17. The normalized spacial score (nSPS) is 11.1. The summed E-state index contributed by atoms with van der Waals surface area (Å²) in [5.41, 5.74) is 0.296. The van der Waals surface area contributed by atoms with Gasteiger partial charge in [-0.1, -0.05) is 17.7 Å². The van der Waals surface area contributed by atoms with E-state index in [0.29, 0.717) is 5.69 Å².